The van der Waals surface area contributed by atoms with Gasteiger partial charge < -0.3 is 13.7 Å². The van der Waals surface area contributed by atoms with E-state index in [9.17, 15) is 0 Å². The van der Waals surface area contributed by atoms with Gasteiger partial charge in [0.2, 0.25) is 0 Å². The molecule has 3 nitrogen and oxygen atoms in total. The molecular weight excluding hydrogens is 763 g/mol. The molecule has 0 unspecified atom stereocenters. The molecule has 0 amide bonds. The maximum atomic E-state index is 2.41. The molecule has 0 saturated heterocycles. The molecular formula is C60H39N3. The van der Waals surface area contributed by atoms with Crippen molar-refractivity contribution in [3.05, 3.63) is 237 Å². The van der Waals surface area contributed by atoms with Gasteiger partial charge in [-0.1, -0.05) is 146 Å². The number of aromatic nitrogens is 3. The van der Waals surface area contributed by atoms with Gasteiger partial charge in [0.05, 0.1) is 33.1 Å². The highest BCUT2D eigenvalue weighted by atomic mass is 15.0. The minimum atomic E-state index is 1.15. The topological polar surface area (TPSA) is 14.8 Å². The van der Waals surface area contributed by atoms with Crippen LogP contribution in [0.5, 0.6) is 0 Å². The van der Waals surface area contributed by atoms with Crippen molar-refractivity contribution in [1.82, 2.24) is 13.7 Å². The van der Waals surface area contributed by atoms with E-state index in [-0.39, 0.29) is 0 Å². The highest BCUT2D eigenvalue weighted by Crippen LogP contribution is 2.39. The van der Waals surface area contributed by atoms with E-state index < -0.39 is 0 Å². The molecule has 0 saturated carbocycles. The third-order valence-corrected chi connectivity index (χ3v) is 13.1. The smallest absolute Gasteiger partial charge is 0.0541 e. The molecule has 0 atom stereocenters. The summed E-state index contributed by atoms with van der Waals surface area (Å²) in [5.41, 5.74) is 18.0. The second-order valence-electron chi connectivity index (χ2n) is 16.5. The van der Waals surface area contributed by atoms with Crippen molar-refractivity contribution in [1.29, 1.82) is 0 Å². The summed E-state index contributed by atoms with van der Waals surface area (Å²) in [5, 5.41) is 7.54. The van der Waals surface area contributed by atoms with Crippen molar-refractivity contribution < 1.29 is 0 Å². The Morgan fingerprint density at radius 3 is 0.810 bits per heavy atom. The summed E-state index contributed by atoms with van der Waals surface area (Å²) in [5.74, 6) is 0. The van der Waals surface area contributed by atoms with Gasteiger partial charge in [0.15, 0.2) is 0 Å². The lowest BCUT2D eigenvalue weighted by Crippen LogP contribution is -1.94. The van der Waals surface area contributed by atoms with Crippen LogP contribution in [-0.2, 0) is 0 Å². The molecule has 0 aliphatic rings. The Labute approximate surface area is 364 Å². The fourth-order valence-corrected chi connectivity index (χ4v) is 10.1. The van der Waals surface area contributed by atoms with Crippen LogP contribution < -0.4 is 0 Å². The molecule has 294 valence electrons. The first-order chi connectivity index (χ1) is 31.2. The fourth-order valence-electron chi connectivity index (χ4n) is 10.1. The second-order valence-corrected chi connectivity index (χ2v) is 16.5. The molecule has 3 aromatic heterocycles. The maximum Gasteiger partial charge on any atom is 0.0541 e. The highest BCUT2D eigenvalue weighted by molar-refractivity contribution is 6.13. The Kier molecular flexibility index (Phi) is 7.91. The third kappa shape index (κ3) is 5.60. The molecule has 0 spiro atoms. The normalized spacial score (nSPS) is 11.8. The van der Waals surface area contributed by atoms with Crippen LogP contribution in [0.1, 0.15) is 0 Å². The first-order valence-corrected chi connectivity index (χ1v) is 21.7. The maximum absolute atomic E-state index is 2.41. The number of para-hydroxylation sites is 5. The van der Waals surface area contributed by atoms with Gasteiger partial charge >= 0.3 is 0 Å². The van der Waals surface area contributed by atoms with Gasteiger partial charge in [-0.15, -0.1) is 0 Å². The lowest BCUT2D eigenvalue weighted by Gasteiger charge is -2.11. The molecule has 0 bridgehead atoms. The number of hydrogen-bond acceptors (Lipinski definition) is 0. The Balaban J connectivity index is 0.834. The summed E-state index contributed by atoms with van der Waals surface area (Å²) < 4.78 is 7.15. The van der Waals surface area contributed by atoms with Crippen molar-refractivity contribution in [2.45, 2.75) is 0 Å². The van der Waals surface area contributed by atoms with Gasteiger partial charge in [-0.3, -0.25) is 0 Å². The number of fused-ring (bicyclic) bond motifs is 9. The largest absolute Gasteiger partial charge is 0.309 e. The summed E-state index contributed by atoms with van der Waals surface area (Å²) in [6.07, 6.45) is 0. The van der Waals surface area contributed by atoms with E-state index in [0.717, 1.165) is 5.69 Å². The van der Waals surface area contributed by atoms with E-state index in [2.05, 4.69) is 250 Å². The number of hydrogen-bond donors (Lipinski definition) is 0. The van der Waals surface area contributed by atoms with Crippen molar-refractivity contribution in [2.75, 3.05) is 0 Å². The summed E-state index contributed by atoms with van der Waals surface area (Å²) in [6.45, 7) is 0. The quantitative estimate of drug-likeness (QED) is 0.159. The number of benzene rings is 10. The molecule has 10 aromatic carbocycles. The lowest BCUT2D eigenvalue weighted by atomic mass is 9.99. The Bertz CT molecular complexity index is 3870. The number of nitrogens with zero attached hydrogens (tertiary/aromatic N) is 3. The van der Waals surface area contributed by atoms with Gasteiger partial charge in [-0.25, -0.2) is 0 Å². The van der Waals surface area contributed by atoms with Crippen LogP contribution in [0.4, 0.5) is 0 Å². The van der Waals surface area contributed by atoms with Crippen LogP contribution in [0.2, 0.25) is 0 Å². The van der Waals surface area contributed by atoms with Crippen molar-refractivity contribution >= 4 is 65.4 Å². The molecule has 13 rings (SSSR count). The minimum Gasteiger partial charge on any atom is -0.309 e. The monoisotopic (exact) mass is 801 g/mol. The molecule has 0 fully saturated rings. The van der Waals surface area contributed by atoms with Crippen LogP contribution in [0, 0.1) is 0 Å². The first-order valence-electron chi connectivity index (χ1n) is 21.7. The zero-order chi connectivity index (χ0) is 41.4. The van der Waals surface area contributed by atoms with Gasteiger partial charge in [-0.2, -0.15) is 0 Å². The molecule has 3 heteroatoms. The lowest BCUT2D eigenvalue weighted by molar-refractivity contribution is 1.18. The van der Waals surface area contributed by atoms with Crippen molar-refractivity contribution in [3.63, 3.8) is 0 Å². The van der Waals surface area contributed by atoms with E-state index in [1.54, 1.807) is 0 Å². The van der Waals surface area contributed by atoms with E-state index in [4.69, 9.17) is 0 Å². The van der Waals surface area contributed by atoms with Crippen LogP contribution in [0.25, 0.3) is 116 Å². The standard InChI is InChI=1S/C60H39N3/c1-3-13-46(14-4-1)61-55-20-10-7-17-49(55)52-37-43(29-34-58(52)61)42-25-23-40(24-26-42)41-27-32-48(33-28-41)63-57-22-12-9-19-51(57)54-39-45(31-36-60(54)63)44-30-35-59-53(38-44)50-18-8-11-21-56(50)62(59)47-15-5-2-6-16-47/h1-39H. The summed E-state index contributed by atoms with van der Waals surface area (Å²) in [4.78, 5) is 0. The highest BCUT2D eigenvalue weighted by Gasteiger charge is 2.17. The minimum absolute atomic E-state index is 1.15. The number of rotatable bonds is 6. The molecule has 13 aromatic rings. The van der Waals surface area contributed by atoms with E-state index >= 15 is 0 Å². The zero-order valence-electron chi connectivity index (χ0n) is 34.4. The summed E-state index contributed by atoms with van der Waals surface area (Å²) in [6, 6.07) is 86.3. The van der Waals surface area contributed by atoms with E-state index in [0.29, 0.717) is 0 Å². The van der Waals surface area contributed by atoms with Gasteiger partial charge in [-0.05, 0) is 124 Å². The predicted octanol–water partition coefficient (Wildman–Crippen LogP) is 16.0. The Morgan fingerprint density at radius 1 is 0.175 bits per heavy atom. The predicted molar refractivity (Wildman–Crippen MR) is 266 cm³/mol. The summed E-state index contributed by atoms with van der Waals surface area (Å²) >= 11 is 0. The van der Waals surface area contributed by atoms with Crippen molar-refractivity contribution in [2.24, 2.45) is 0 Å². The third-order valence-electron chi connectivity index (χ3n) is 13.1. The van der Waals surface area contributed by atoms with Gasteiger partial charge in [0.25, 0.3) is 0 Å². The first kappa shape index (κ1) is 35.4. The van der Waals surface area contributed by atoms with Crippen molar-refractivity contribution in [3.8, 4) is 50.4 Å². The van der Waals surface area contributed by atoms with Gasteiger partial charge in [0.1, 0.15) is 0 Å². The SMILES string of the molecule is c1ccc(-n2c3ccccc3c3cc(-c4ccc(-c5ccc(-n6c7ccccc7c7cc(-c8ccc9c(c8)c8ccccc8n9-c8ccccc8)ccc76)cc5)cc4)ccc32)cc1. The van der Waals surface area contributed by atoms with Crippen LogP contribution >= 0.6 is 0 Å². The second kappa shape index (κ2) is 14.1. The van der Waals surface area contributed by atoms with Crippen LogP contribution in [0.3, 0.4) is 0 Å². The molecule has 0 aliphatic heterocycles. The Morgan fingerprint density at radius 2 is 0.429 bits per heavy atom. The van der Waals surface area contributed by atoms with E-state index in [1.165, 1.54) is 110 Å². The molecule has 0 aliphatic carbocycles. The molecule has 0 N–H and O–H groups in total. The van der Waals surface area contributed by atoms with Crippen LogP contribution in [-0.4, -0.2) is 13.7 Å². The summed E-state index contributed by atoms with van der Waals surface area (Å²) in [7, 11) is 0. The molecule has 63 heavy (non-hydrogen) atoms. The van der Waals surface area contributed by atoms with Crippen LogP contribution in [0.15, 0.2) is 237 Å². The average Bonchev–Trinajstić information content (AvgIpc) is 4.00. The molecule has 3 heterocycles. The average molecular weight is 802 g/mol. The van der Waals surface area contributed by atoms with Gasteiger partial charge in [0, 0.05) is 49.4 Å². The fraction of sp³-hybridized carbons (Fsp3) is 0. The van der Waals surface area contributed by atoms with E-state index in [1.807, 2.05) is 0 Å². The zero-order valence-corrected chi connectivity index (χ0v) is 34.4. The Hall–Kier alpha value is -8.40. The molecule has 0 radical (unpaired) electrons.